The van der Waals surface area contributed by atoms with Crippen LogP contribution >= 0.6 is 11.3 Å². The molecule has 0 amide bonds. The molecule has 0 radical (unpaired) electrons. The van der Waals surface area contributed by atoms with Crippen LogP contribution in [0.3, 0.4) is 0 Å². The topological polar surface area (TPSA) is 110 Å². The Hall–Kier alpha value is -0.980. The van der Waals surface area contributed by atoms with Crippen LogP contribution in [-0.4, -0.2) is 37.9 Å². The van der Waals surface area contributed by atoms with Crippen LogP contribution < -0.4 is 4.72 Å². The molecule has 0 saturated heterocycles. The second kappa shape index (κ2) is 5.38. The first-order chi connectivity index (χ1) is 7.53. The number of nitrogens with one attached hydrogen (secondary N) is 1. The number of rotatable bonds is 5. The zero-order chi connectivity index (χ0) is 12.2. The normalized spacial score (nSPS) is 11.6. The molecule has 88 valence electrons. The number of thiophene rings is 1. The summed E-state index contributed by atoms with van der Waals surface area (Å²) in [4.78, 5) is 0.282. The molecular weight excluding hydrogens is 252 g/mol. The molecule has 0 aliphatic carbocycles. The van der Waals surface area contributed by atoms with Gasteiger partial charge in [-0.3, -0.25) is 0 Å². The van der Waals surface area contributed by atoms with Gasteiger partial charge in [0.15, 0.2) is 0 Å². The first kappa shape index (κ1) is 13.1. The summed E-state index contributed by atoms with van der Waals surface area (Å²) in [5.74, 6) is 0. The van der Waals surface area contributed by atoms with Crippen LogP contribution in [0.1, 0.15) is 4.88 Å². The average molecular weight is 262 g/mol. The molecule has 0 saturated carbocycles. The van der Waals surface area contributed by atoms with E-state index in [1.807, 2.05) is 6.07 Å². The largest absolute Gasteiger partial charge is 0.395 e. The van der Waals surface area contributed by atoms with Crippen molar-refractivity contribution in [1.82, 2.24) is 4.72 Å². The Morgan fingerprint density at radius 3 is 2.50 bits per heavy atom. The van der Waals surface area contributed by atoms with Crippen molar-refractivity contribution < 1.29 is 18.6 Å². The minimum absolute atomic E-state index is 0.0176. The van der Waals surface area contributed by atoms with Gasteiger partial charge in [-0.1, -0.05) is 0 Å². The molecule has 0 unspecified atom stereocenters. The fourth-order valence-corrected chi connectivity index (χ4v) is 3.27. The zero-order valence-corrected chi connectivity index (χ0v) is 9.75. The first-order valence-corrected chi connectivity index (χ1v) is 6.57. The maximum Gasteiger partial charge on any atom is 0.250 e. The molecule has 0 spiro atoms. The SMILES string of the molecule is N#Cc1ccc(S(=O)(=O)NC(CO)CO)s1. The Labute approximate surface area is 96.8 Å². The molecule has 1 aromatic heterocycles. The number of nitrogens with zero attached hydrogens (tertiary/aromatic N) is 1. The smallest absolute Gasteiger partial charge is 0.250 e. The van der Waals surface area contributed by atoms with Crippen molar-refractivity contribution in [3.63, 3.8) is 0 Å². The monoisotopic (exact) mass is 262 g/mol. The minimum Gasteiger partial charge on any atom is -0.395 e. The lowest BCUT2D eigenvalue weighted by atomic mass is 10.4. The van der Waals surface area contributed by atoms with E-state index >= 15 is 0 Å². The van der Waals surface area contributed by atoms with Crippen LogP contribution in [0.4, 0.5) is 0 Å². The van der Waals surface area contributed by atoms with Crippen LogP contribution in [0.25, 0.3) is 0 Å². The van der Waals surface area contributed by atoms with Gasteiger partial charge in [-0.05, 0) is 12.1 Å². The van der Waals surface area contributed by atoms with Crippen LogP contribution in [0.15, 0.2) is 16.3 Å². The van der Waals surface area contributed by atoms with Gasteiger partial charge in [0.25, 0.3) is 10.0 Å². The molecule has 0 aliphatic rings. The van der Waals surface area contributed by atoms with E-state index in [2.05, 4.69) is 4.72 Å². The summed E-state index contributed by atoms with van der Waals surface area (Å²) in [6.07, 6.45) is 0. The van der Waals surface area contributed by atoms with Crippen molar-refractivity contribution in [2.75, 3.05) is 13.2 Å². The van der Waals surface area contributed by atoms with Gasteiger partial charge in [0.2, 0.25) is 0 Å². The second-order valence-corrected chi connectivity index (χ2v) is 5.94. The Balaban J connectivity index is 2.90. The lowest BCUT2D eigenvalue weighted by Gasteiger charge is -2.12. The summed E-state index contributed by atoms with van der Waals surface area (Å²) >= 11 is 0.828. The molecule has 1 aromatic rings. The maximum absolute atomic E-state index is 11.7. The van der Waals surface area contributed by atoms with E-state index in [1.54, 1.807) is 0 Å². The molecule has 6 nitrogen and oxygen atoms in total. The average Bonchev–Trinajstić information content (AvgIpc) is 2.75. The highest BCUT2D eigenvalue weighted by molar-refractivity contribution is 7.91. The summed E-state index contributed by atoms with van der Waals surface area (Å²) in [5.41, 5.74) is 0. The Morgan fingerprint density at radius 1 is 1.44 bits per heavy atom. The summed E-state index contributed by atoms with van der Waals surface area (Å²) < 4.78 is 25.4. The van der Waals surface area contributed by atoms with Crippen molar-refractivity contribution in [2.24, 2.45) is 0 Å². The van der Waals surface area contributed by atoms with Crippen molar-refractivity contribution in [3.05, 3.63) is 17.0 Å². The summed E-state index contributed by atoms with van der Waals surface area (Å²) in [6.45, 7) is -0.988. The van der Waals surface area contributed by atoms with Crippen LogP contribution in [0, 0.1) is 11.3 Å². The number of nitriles is 1. The van der Waals surface area contributed by atoms with Crippen molar-refractivity contribution >= 4 is 21.4 Å². The van der Waals surface area contributed by atoms with Gasteiger partial charge in [0, 0.05) is 0 Å². The fourth-order valence-electron chi connectivity index (χ4n) is 0.934. The highest BCUT2D eigenvalue weighted by Gasteiger charge is 2.20. The van der Waals surface area contributed by atoms with Gasteiger partial charge in [0.05, 0.1) is 19.3 Å². The molecule has 1 heterocycles. The molecule has 0 bridgehead atoms. The van der Waals surface area contributed by atoms with E-state index in [4.69, 9.17) is 15.5 Å². The van der Waals surface area contributed by atoms with Crippen molar-refractivity contribution in [3.8, 4) is 6.07 Å². The van der Waals surface area contributed by atoms with Gasteiger partial charge in [-0.2, -0.15) is 5.26 Å². The third-order valence-corrected chi connectivity index (χ3v) is 4.72. The van der Waals surface area contributed by atoms with Crippen LogP contribution in [-0.2, 0) is 10.0 Å². The molecule has 8 heteroatoms. The quantitative estimate of drug-likeness (QED) is 0.646. The van der Waals surface area contributed by atoms with Gasteiger partial charge < -0.3 is 10.2 Å². The molecule has 0 aliphatic heterocycles. The number of aliphatic hydroxyl groups excluding tert-OH is 2. The lowest BCUT2D eigenvalue weighted by molar-refractivity contribution is 0.185. The van der Waals surface area contributed by atoms with Crippen molar-refractivity contribution in [1.29, 1.82) is 5.26 Å². The summed E-state index contributed by atoms with van der Waals surface area (Å²) in [6, 6.07) is 3.59. The fraction of sp³-hybridized carbons (Fsp3) is 0.375. The summed E-state index contributed by atoms with van der Waals surface area (Å²) in [7, 11) is -3.78. The van der Waals surface area contributed by atoms with E-state index in [1.165, 1.54) is 12.1 Å². The van der Waals surface area contributed by atoms with E-state index in [0.717, 1.165) is 11.3 Å². The molecule has 3 N–H and O–H groups in total. The minimum atomic E-state index is -3.78. The predicted octanol–water partition coefficient (Wildman–Crippen LogP) is -0.749. The number of hydrogen-bond acceptors (Lipinski definition) is 6. The number of sulfonamides is 1. The summed E-state index contributed by atoms with van der Waals surface area (Å²) in [5, 5.41) is 26.1. The van der Waals surface area contributed by atoms with E-state index in [0.29, 0.717) is 0 Å². The molecule has 0 aromatic carbocycles. The van der Waals surface area contributed by atoms with Gasteiger partial charge in [-0.15, -0.1) is 11.3 Å². The van der Waals surface area contributed by atoms with E-state index in [-0.39, 0.29) is 9.09 Å². The van der Waals surface area contributed by atoms with Gasteiger partial charge in [0.1, 0.15) is 15.2 Å². The molecular formula is C8H10N2O4S2. The third kappa shape index (κ3) is 3.01. The molecule has 16 heavy (non-hydrogen) atoms. The Morgan fingerprint density at radius 2 is 2.06 bits per heavy atom. The highest BCUT2D eigenvalue weighted by Crippen LogP contribution is 2.20. The van der Waals surface area contributed by atoms with Crippen molar-refractivity contribution in [2.45, 2.75) is 10.3 Å². The molecule has 0 atom stereocenters. The van der Waals surface area contributed by atoms with Crippen LogP contribution in [0.5, 0.6) is 0 Å². The number of hydrogen-bond donors (Lipinski definition) is 3. The Bertz CT molecular complexity index is 484. The third-order valence-electron chi connectivity index (χ3n) is 1.72. The molecule has 1 rings (SSSR count). The van der Waals surface area contributed by atoms with Gasteiger partial charge >= 0.3 is 0 Å². The maximum atomic E-state index is 11.7. The second-order valence-electron chi connectivity index (χ2n) is 2.91. The van der Waals surface area contributed by atoms with Gasteiger partial charge in [-0.25, -0.2) is 13.1 Å². The van der Waals surface area contributed by atoms with Crippen LogP contribution in [0.2, 0.25) is 0 Å². The number of aliphatic hydroxyl groups is 2. The Kier molecular flexibility index (Phi) is 4.40. The standard InChI is InChI=1S/C8H10N2O4S2/c9-3-7-1-2-8(15-7)16(13,14)10-6(4-11)5-12/h1-2,6,10-12H,4-5H2. The lowest BCUT2D eigenvalue weighted by Crippen LogP contribution is -2.39. The van der Waals surface area contributed by atoms with E-state index < -0.39 is 29.3 Å². The molecule has 0 fully saturated rings. The highest BCUT2D eigenvalue weighted by atomic mass is 32.2. The zero-order valence-electron chi connectivity index (χ0n) is 8.12. The first-order valence-electron chi connectivity index (χ1n) is 4.27. The van der Waals surface area contributed by atoms with E-state index in [9.17, 15) is 8.42 Å². The predicted molar refractivity (Wildman–Crippen MR) is 57.3 cm³/mol.